The SMILES string of the molecule is Cc1nc(CNc2ccc(N)c3ccncc23)no1. The summed E-state index contributed by atoms with van der Waals surface area (Å²) < 4.78 is 4.93. The number of nitrogens with one attached hydrogen (secondary N) is 1. The average molecular weight is 255 g/mol. The molecule has 0 unspecified atom stereocenters. The monoisotopic (exact) mass is 255 g/mol. The molecule has 0 amide bonds. The van der Waals surface area contributed by atoms with Crippen LogP contribution in [0.5, 0.6) is 0 Å². The summed E-state index contributed by atoms with van der Waals surface area (Å²) in [7, 11) is 0. The van der Waals surface area contributed by atoms with Gasteiger partial charge in [0.25, 0.3) is 0 Å². The number of nitrogens with two attached hydrogens (primary N) is 1. The van der Waals surface area contributed by atoms with Gasteiger partial charge in [0.05, 0.1) is 6.54 Å². The zero-order valence-corrected chi connectivity index (χ0v) is 10.4. The number of anilines is 2. The number of aryl methyl sites for hydroxylation is 1. The van der Waals surface area contributed by atoms with Gasteiger partial charge in [-0.25, -0.2) is 0 Å². The summed E-state index contributed by atoms with van der Waals surface area (Å²) in [6.07, 6.45) is 3.51. The topological polar surface area (TPSA) is 89.9 Å². The Labute approximate surface area is 109 Å². The van der Waals surface area contributed by atoms with Crippen LogP contribution in [-0.4, -0.2) is 15.1 Å². The molecule has 6 nitrogen and oxygen atoms in total. The van der Waals surface area contributed by atoms with Gasteiger partial charge in [0, 0.05) is 41.5 Å². The number of rotatable bonds is 3. The Hall–Kier alpha value is -2.63. The summed E-state index contributed by atoms with van der Waals surface area (Å²) in [6, 6.07) is 5.69. The van der Waals surface area contributed by atoms with Crippen LogP contribution in [0, 0.1) is 6.92 Å². The van der Waals surface area contributed by atoms with Crippen LogP contribution in [0.3, 0.4) is 0 Å². The Bertz CT molecular complexity index is 722. The van der Waals surface area contributed by atoms with Gasteiger partial charge in [0.2, 0.25) is 5.89 Å². The maximum absolute atomic E-state index is 5.94. The van der Waals surface area contributed by atoms with Crippen LogP contribution in [0.1, 0.15) is 11.7 Å². The number of hydrogen-bond acceptors (Lipinski definition) is 6. The molecule has 3 rings (SSSR count). The van der Waals surface area contributed by atoms with E-state index in [4.69, 9.17) is 10.3 Å². The number of nitrogens with zero attached hydrogens (tertiary/aromatic N) is 3. The van der Waals surface area contributed by atoms with Gasteiger partial charge in [-0.1, -0.05) is 5.16 Å². The summed E-state index contributed by atoms with van der Waals surface area (Å²) in [5, 5.41) is 9.05. The molecular weight excluding hydrogens is 242 g/mol. The molecule has 2 aromatic heterocycles. The predicted molar refractivity (Wildman–Crippen MR) is 72.5 cm³/mol. The standard InChI is InChI=1S/C13H13N5O/c1-8-17-13(18-19-8)7-16-12-3-2-11(14)9-4-5-15-6-10(9)12/h2-6,16H,7,14H2,1H3. The van der Waals surface area contributed by atoms with Crippen LogP contribution in [0.2, 0.25) is 0 Å². The summed E-state index contributed by atoms with van der Waals surface area (Å²) in [6.45, 7) is 2.25. The Kier molecular flexibility index (Phi) is 2.75. The highest BCUT2D eigenvalue weighted by Crippen LogP contribution is 2.27. The highest BCUT2D eigenvalue weighted by atomic mass is 16.5. The molecular formula is C13H13N5O. The van der Waals surface area contributed by atoms with Crippen LogP contribution in [0.15, 0.2) is 35.1 Å². The number of nitrogen functional groups attached to an aromatic ring is 1. The zero-order valence-electron chi connectivity index (χ0n) is 10.4. The summed E-state index contributed by atoms with van der Waals surface area (Å²) >= 11 is 0. The van der Waals surface area contributed by atoms with E-state index in [0.29, 0.717) is 18.3 Å². The van der Waals surface area contributed by atoms with Crippen LogP contribution in [-0.2, 0) is 6.54 Å². The second kappa shape index (κ2) is 4.56. The van der Waals surface area contributed by atoms with Crippen LogP contribution < -0.4 is 11.1 Å². The molecule has 0 aliphatic rings. The molecule has 19 heavy (non-hydrogen) atoms. The lowest BCUT2D eigenvalue weighted by molar-refractivity contribution is 0.388. The minimum atomic E-state index is 0.491. The molecule has 0 bridgehead atoms. The molecule has 3 aromatic rings. The molecule has 0 spiro atoms. The fraction of sp³-hybridized carbons (Fsp3) is 0.154. The van der Waals surface area contributed by atoms with Crippen molar-refractivity contribution in [2.75, 3.05) is 11.1 Å². The highest BCUT2D eigenvalue weighted by Gasteiger charge is 2.06. The average Bonchev–Trinajstić information content (AvgIpc) is 2.84. The fourth-order valence-corrected chi connectivity index (χ4v) is 1.96. The van der Waals surface area contributed by atoms with Crippen molar-refractivity contribution in [3.8, 4) is 0 Å². The van der Waals surface area contributed by atoms with Crippen molar-refractivity contribution < 1.29 is 4.52 Å². The molecule has 96 valence electrons. The molecule has 2 heterocycles. The fourth-order valence-electron chi connectivity index (χ4n) is 1.96. The van der Waals surface area contributed by atoms with Crippen molar-refractivity contribution >= 4 is 22.1 Å². The summed E-state index contributed by atoms with van der Waals surface area (Å²) in [4.78, 5) is 8.27. The first-order valence-corrected chi connectivity index (χ1v) is 5.89. The van der Waals surface area contributed by atoms with E-state index in [1.807, 2.05) is 18.2 Å². The molecule has 0 atom stereocenters. The lowest BCUT2D eigenvalue weighted by Crippen LogP contribution is -2.02. The minimum absolute atomic E-state index is 0.491. The molecule has 0 saturated heterocycles. The number of benzene rings is 1. The van der Waals surface area contributed by atoms with E-state index in [1.165, 1.54) is 0 Å². The van der Waals surface area contributed by atoms with E-state index >= 15 is 0 Å². The molecule has 0 aliphatic heterocycles. The summed E-state index contributed by atoms with van der Waals surface area (Å²) in [5.74, 6) is 1.17. The van der Waals surface area contributed by atoms with E-state index < -0.39 is 0 Å². The first-order chi connectivity index (χ1) is 9.24. The van der Waals surface area contributed by atoms with Gasteiger partial charge in [-0.05, 0) is 18.2 Å². The van der Waals surface area contributed by atoms with Crippen LogP contribution >= 0.6 is 0 Å². The third-order valence-corrected chi connectivity index (χ3v) is 2.86. The smallest absolute Gasteiger partial charge is 0.223 e. The molecule has 3 N–H and O–H groups in total. The van der Waals surface area contributed by atoms with Crippen molar-refractivity contribution in [2.24, 2.45) is 0 Å². The van der Waals surface area contributed by atoms with E-state index in [-0.39, 0.29) is 0 Å². The summed E-state index contributed by atoms with van der Waals surface area (Å²) in [5.41, 5.74) is 7.62. The maximum atomic E-state index is 5.94. The largest absolute Gasteiger partial charge is 0.398 e. The number of hydrogen-bond donors (Lipinski definition) is 2. The molecule has 0 radical (unpaired) electrons. The Morgan fingerprint density at radius 2 is 2.16 bits per heavy atom. The van der Waals surface area contributed by atoms with Crippen molar-refractivity contribution in [3.05, 3.63) is 42.3 Å². The normalized spacial score (nSPS) is 10.8. The van der Waals surface area contributed by atoms with Gasteiger partial charge in [-0.3, -0.25) is 4.98 Å². The minimum Gasteiger partial charge on any atom is -0.398 e. The van der Waals surface area contributed by atoms with Gasteiger partial charge in [0.15, 0.2) is 5.82 Å². The molecule has 6 heteroatoms. The molecule has 0 aliphatic carbocycles. The lowest BCUT2D eigenvalue weighted by Gasteiger charge is -2.09. The van der Waals surface area contributed by atoms with E-state index in [9.17, 15) is 0 Å². The molecule has 1 aromatic carbocycles. The Morgan fingerprint density at radius 1 is 1.26 bits per heavy atom. The maximum Gasteiger partial charge on any atom is 0.223 e. The second-order valence-corrected chi connectivity index (χ2v) is 4.21. The molecule has 0 saturated carbocycles. The van der Waals surface area contributed by atoms with Crippen molar-refractivity contribution in [1.29, 1.82) is 0 Å². The van der Waals surface area contributed by atoms with E-state index in [1.54, 1.807) is 19.3 Å². The van der Waals surface area contributed by atoms with Gasteiger partial charge in [-0.15, -0.1) is 0 Å². The van der Waals surface area contributed by atoms with Gasteiger partial charge in [0.1, 0.15) is 0 Å². The predicted octanol–water partition coefficient (Wildman–Crippen LogP) is 2.12. The first-order valence-electron chi connectivity index (χ1n) is 5.89. The number of aromatic nitrogens is 3. The van der Waals surface area contributed by atoms with Gasteiger partial charge < -0.3 is 15.6 Å². The zero-order chi connectivity index (χ0) is 13.2. The third kappa shape index (κ3) is 2.20. The molecule has 0 fully saturated rings. The Balaban J connectivity index is 1.91. The third-order valence-electron chi connectivity index (χ3n) is 2.86. The lowest BCUT2D eigenvalue weighted by atomic mass is 10.1. The van der Waals surface area contributed by atoms with Crippen LogP contribution in [0.25, 0.3) is 10.8 Å². The quantitative estimate of drug-likeness (QED) is 0.697. The first kappa shape index (κ1) is 11.5. The van der Waals surface area contributed by atoms with Crippen molar-refractivity contribution in [1.82, 2.24) is 15.1 Å². The van der Waals surface area contributed by atoms with E-state index in [0.717, 1.165) is 22.1 Å². The highest BCUT2D eigenvalue weighted by molar-refractivity contribution is 6.00. The Morgan fingerprint density at radius 3 is 2.95 bits per heavy atom. The van der Waals surface area contributed by atoms with Crippen molar-refractivity contribution in [3.63, 3.8) is 0 Å². The van der Waals surface area contributed by atoms with Gasteiger partial charge >= 0.3 is 0 Å². The number of fused-ring (bicyclic) bond motifs is 1. The van der Waals surface area contributed by atoms with Crippen LogP contribution in [0.4, 0.5) is 11.4 Å². The second-order valence-electron chi connectivity index (χ2n) is 4.21. The van der Waals surface area contributed by atoms with Crippen molar-refractivity contribution in [2.45, 2.75) is 13.5 Å². The van der Waals surface area contributed by atoms with Gasteiger partial charge in [-0.2, -0.15) is 4.98 Å². The number of pyridine rings is 1. The van der Waals surface area contributed by atoms with E-state index in [2.05, 4.69) is 20.4 Å².